The lowest BCUT2D eigenvalue weighted by molar-refractivity contribution is -0.138. The molecule has 0 aliphatic carbocycles. The number of pyridine rings is 6. The molecule has 302 valence electrons. The summed E-state index contributed by atoms with van der Waals surface area (Å²) in [5.41, 5.74) is -0.375. The maximum absolute atomic E-state index is 14.0. The van der Waals surface area contributed by atoms with Gasteiger partial charge in [-0.15, -0.1) is 0 Å². The van der Waals surface area contributed by atoms with E-state index in [1.54, 1.807) is 0 Å². The minimum atomic E-state index is -2.02. The van der Waals surface area contributed by atoms with Crippen LogP contribution in [-0.2, 0) is 28.4 Å². The first-order valence-electron chi connectivity index (χ1n) is 17.8. The van der Waals surface area contributed by atoms with Gasteiger partial charge < -0.3 is 28.4 Å². The number of aromatic nitrogens is 6. The molecule has 0 aromatic carbocycles. The van der Waals surface area contributed by atoms with Crippen LogP contribution >= 0.6 is 0 Å². The molecule has 6 rings (SSSR count). The highest BCUT2D eigenvalue weighted by Gasteiger charge is 2.46. The van der Waals surface area contributed by atoms with Gasteiger partial charge in [-0.25, -0.2) is 28.8 Å². The van der Waals surface area contributed by atoms with Gasteiger partial charge in [0.25, 0.3) is 0 Å². The van der Waals surface area contributed by atoms with Crippen molar-refractivity contribution in [1.82, 2.24) is 29.9 Å². The molecule has 0 radical (unpaired) electrons. The lowest BCUT2D eigenvalue weighted by Crippen LogP contribution is -2.54. The number of esters is 6. The van der Waals surface area contributed by atoms with E-state index in [1.807, 2.05) is 0 Å². The van der Waals surface area contributed by atoms with E-state index in [2.05, 4.69) is 29.9 Å². The third kappa shape index (κ3) is 11.4. The fourth-order valence-corrected chi connectivity index (χ4v) is 5.28. The lowest BCUT2D eigenvalue weighted by Gasteiger charge is -2.35. The van der Waals surface area contributed by atoms with Crippen LogP contribution in [0.15, 0.2) is 147 Å². The van der Waals surface area contributed by atoms with Gasteiger partial charge in [0.05, 0.1) is 33.4 Å². The normalized spacial score (nSPS) is 12.6. The number of hydrogen-bond donors (Lipinski definition) is 0. The molecule has 6 aromatic rings. The Balaban J connectivity index is 1.48. The van der Waals surface area contributed by atoms with Crippen LogP contribution in [0.2, 0.25) is 0 Å². The summed E-state index contributed by atoms with van der Waals surface area (Å²) in [5.74, 6) is -6.15. The Labute approximate surface area is 340 Å². The third-order valence-electron chi connectivity index (χ3n) is 8.20. The predicted molar refractivity (Wildman–Crippen MR) is 203 cm³/mol. The molecular weight excluding hydrogens is 780 g/mol. The van der Waals surface area contributed by atoms with Gasteiger partial charge in [-0.2, -0.15) is 0 Å². The standard InChI is InChI=1S/C42H32N6O12/c49-37(27-7-1-13-43-19-27)55-25-33(57-39(51)29-9-3-15-45-21-29)35(59-41(53)31-11-5-17-47-23-31)36(60-42(54)32-12-6-18-48-24-32)34(58-40(52)30-10-4-16-46-22-30)26-56-38(50)28-8-2-14-44-20-28/h1-24,33-36H,25-26H2/t33-,34+,35-,36-/m1/s1. The minimum Gasteiger partial charge on any atom is -0.458 e. The summed E-state index contributed by atoms with van der Waals surface area (Å²) in [6.45, 7) is -1.71. The van der Waals surface area contributed by atoms with Gasteiger partial charge in [-0.1, -0.05) is 0 Å². The molecule has 0 N–H and O–H groups in total. The second-order valence-corrected chi connectivity index (χ2v) is 12.3. The highest BCUT2D eigenvalue weighted by atomic mass is 16.6. The molecule has 4 atom stereocenters. The molecule has 6 aromatic heterocycles. The van der Waals surface area contributed by atoms with E-state index in [0.717, 1.165) is 0 Å². The Kier molecular flexibility index (Phi) is 14.3. The van der Waals surface area contributed by atoms with Crippen molar-refractivity contribution in [3.8, 4) is 0 Å². The van der Waals surface area contributed by atoms with E-state index in [9.17, 15) is 28.8 Å². The molecule has 0 saturated heterocycles. The number of nitrogens with zero attached hydrogens (tertiary/aromatic N) is 6. The van der Waals surface area contributed by atoms with Crippen molar-refractivity contribution in [2.24, 2.45) is 0 Å². The monoisotopic (exact) mass is 812 g/mol. The van der Waals surface area contributed by atoms with Crippen molar-refractivity contribution in [3.05, 3.63) is 181 Å². The van der Waals surface area contributed by atoms with Crippen molar-refractivity contribution < 1.29 is 57.2 Å². The Morgan fingerprint density at radius 2 is 0.583 bits per heavy atom. The Morgan fingerprint density at radius 1 is 0.350 bits per heavy atom. The summed E-state index contributed by atoms with van der Waals surface area (Å²) in [4.78, 5) is 106. The smallest absolute Gasteiger partial charge is 0.340 e. The summed E-state index contributed by atoms with van der Waals surface area (Å²) in [6, 6.07) is 17.1. The average Bonchev–Trinajstić information content (AvgIpc) is 3.31. The fourth-order valence-electron chi connectivity index (χ4n) is 5.28. The summed E-state index contributed by atoms with van der Waals surface area (Å²) in [7, 11) is 0. The van der Waals surface area contributed by atoms with E-state index in [0.29, 0.717) is 0 Å². The van der Waals surface area contributed by atoms with Crippen molar-refractivity contribution in [3.63, 3.8) is 0 Å². The summed E-state index contributed by atoms with van der Waals surface area (Å²) < 4.78 is 35.0. The van der Waals surface area contributed by atoms with Gasteiger partial charge >= 0.3 is 35.8 Å². The van der Waals surface area contributed by atoms with Gasteiger partial charge in [-0.05, 0) is 72.8 Å². The zero-order valence-corrected chi connectivity index (χ0v) is 31.2. The van der Waals surface area contributed by atoms with Crippen molar-refractivity contribution >= 4 is 35.8 Å². The molecule has 0 fully saturated rings. The number of ether oxygens (including phenoxy) is 6. The van der Waals surface area contributed by atoms with Crippen LogP contribution in [0.5, 0.6) is 0 Å². The predicted octanol–water partition coefficient (Wildman–Crippen LogP) is 3.97. The molecule has 60 heavy (non-hydrogen) atoms. The molecule has 0 bridgehead atoms. The molecular formula is C42H32N6O12. The molecule has 0 saturated carbocycles. The maximum Gasteiger partial charge on any atom is 0.340 e. The van der Waals surface area contributed by atoms with E-state index >= 15 is 0 Å². The van der Waals surface area contributed by atoms with Gasteiger partial charge in [0.1, 0.15) is 13.2 Å². The van der Waals surface area contributed by atoms with Crippen molar-refractivity contribution in [2.75, 3.05) is 13.2 Å². The summed E-state index contributed by atoms with van der Waals surface area (Å²) in [6.07, 6.45) is 7.86. The van der Waals surface area contributed by atoms with E-state index in [4.69, 9.17) is 28.4 Å². The zero-order valence-electron chi connectivity index (χ0n) is 31.2. The Hall–Kier alpha value is -8.28. The van der Waals surface area contributed by atoms with Crippen molar-refractivity contribution in [2.45, 2.75) is 24.4 Å². The van der Waals surface area contributed by atoms with E-state index in [1.165, 1.54) is 147 Å². The number of rotatable bonds is 17. The topological polar surface area (TPSA) is 235 Å². The second-order valence-electron chi connectivity index (χ2n) is 12.3. The SMILES string of the molecule is O=C(OC[C@H](OC(=O)c1cccnc1)[C@@H](OC(=O)c1cccnc1)[C@H](OC(=O)c1cccnc1)[C@@H](COC(=O)c1cccnc1)OC(=O)c1cccnc1)c1cccnc1. The van der Waals surface area contributed by atoms with Crippen LogP contribution in [0.1, 0.15) is 62.1 Å². The van der Waals surface area contributed by atoms with Gasteiger partial charge in [0, 0.05) is 74.4 Å². The second kappa shape index (κ2) is 20.8. The lowest BCUT2D eigenvalue weighted by atomic mass is 10.0. The van der Waals surface area contributed by atoms with Crippen LogP contribution in [0.25, 0.3) is 0 Å². The quantitative estimate of drug-likeness (QED) is 0.0935. The maximum atomic E-state index is 14.0. The van der Waals surface area contributed by atoms with Crippen LogP contribution in [-0.4, -0.2) is 103 Å². The largest absolute Gasteiger partial charge is 0.458 e. The highest BCUT2D eigenvalue weighted by molar-refractivity contribution is 5.92. The molecule has 0 amide bonds. The first-order valence-corrected chi connectivity index (χ1v) is 17.8. The Bertz CT molecular complexity index is 2200. The van der Waals surface area contributed by atoms with E-state index < -0.39 is 73.4 Å². The zero-order chi connectivity index (χ0) is 42.1. The first kappa shape index (κ1) is 41.4. The van der Waals surface area contributed by atoms with Crippen LogP contribution in [0.4, 0.5) is 0 Å². The van der Waals surface area contributed by atoms with E-state index in [-0.39, 0.29) is 33.4 Å². The highest BCUT2D eigenvalue weighted by Crippen LogP contribution is 2.25. The summed E-state index contributed by atoms with van der Waals surface area (Å²) >= 11 is 0. The molecule has 0 unspecified atom stereocenters. The van der Waals surface area contributed by atoms with Gasteiger partial charge in [0.2, 0.25) is 0 Å². The molecule has 18 nitrogen and oxygen atoms in total. The van der Waals surface area contributed by atoms with Gasteiger partial charge in [-0.3, -0.25) is 29.9 Å². The van der Waals surface area contributed by atoms with Gasteiger partial charge in [0.15, 0.2) is 24.4 Å². The minimum absolute atomic E-state index is 0.00360. The van der Waals surface area contributed by atoms with Crippen LogP contribution in [0.3, 0.4) is 0 Å². The molecule has 18 heteroatoms. The number of hydrogen-bond acceptors (Lipinski definition) is 18. The van der Waals surface area contributed by atoms with Crippen LogP contribution < -0.4 is 0 Å². The molecule has 0 aliphatic rings. The summed E-state index contributed by atoms with van der Waals surface area (Å²) in [5, 5.41) is 0. The Morgan fingerprint density at radius 3 is 0.817 bits per heavy atom. The molecule has 6 heterocycles. The number of carbonyl (C=O) groups is 6. The molecule has 0 aliphatic heterocycles. The average molecular weight is 813 g/mol. The first-order chi connectivity index (χ1) is 29.3. The third-order valence-corrected chi connectivity index (χ3v) is 8.20. The van der Waals surface area contributed by atoms with Crippen LogP contribution in [0, 0.1) is 0 Å². The van der Waals surface area contributed by atoms with Crippen molar-refractivity contribution in [1.29, 1.82) is 0 Å². The molecule has 0 spiro atoms. The number of carbonyl (C=O) groups excluding carboxylic acids is 6. The fraction of sp³-hybridized carbons (Fsp3) is 0.143.